The Balaban J connectivity index is 2.27. The molecule has 0 atom stereocenters. The molecular formula is C11H10F3N3O2. The molecule has 5 nitrogen and oxygen atoms in total. The van der Waals surface area contributed by atoms with E-state index < -0.39 is 12.1 Å². The van der Waals surface area contributed by atoms with Gasteiger partial charge in [0.2, 0.25) is 0 Å². The molecule has 0 unspecified atom stereocenters. The van der Waals surface area contributed by atoms with Crippen molar-refractivity contribution in [2.45, 2.75) is 6.36 Å². The van der Waals surface area contributed by atoms with Gasteiger partial charge in [0.05, 0.1) is 6.20 Å². The van der Waals surface area contributed by atoms with Crippen LogP contribution < -0.4 is 15.2 Å². The fourth-order valence-electron chi connectivity index (χ4n) is 1.41. The van der Waals surface area contributed by atoms with Crippen LogP contribution in [0.25, 0.3) is 0 Å². The first kappa shape index (κ1) is 13.1. The molecule has 0 amide bonds. The van der Waals surface area contributed by atoms with Crippen LogP contribution in [0.2, 0.25) is 0 Å². The summed E-state index contributed by atoms with van der Waals surface area (Å²) in [6, 6.07) is 5.38. The van der Waals surface area contributed by atoms with E-state index in [0.29, 0.717) is 0 Å². The molecule has 2 rings (SSSR count). The topological polar surface area (TPSA) is 62.3 Å². The number of anilines is 1. The van der Waals surface area contributed by atoms with Crippen molar-refractivity contribution in [3.05, 3.63) is 30.5 Å². The van der Waals surface area contributed by atoms with Crippen molar-refractivity contribution in [2.75, 3.05) is 5.73 Å². The molecule has 1 aromatic heterocycles. The lowest BCUT2D eigenvalue weighted by molar-refractivity contribution is -0.275. The van der Waals surface area contributed by atoms with Crippen LogP contribution in [0, 0.1) is 0 Å². The number of nitrogens with zero attached hydrogens (tertiary/aromatic N) is 2. The Hall–Kier alpha value is -2.38. The molecule has 0 bridgehead atoms. The number of rotatable bonds is 3. The lowest BCUT2D eigenvalue weighted by atomic mass is 10.3. The van der Waals surface area contributed by atoms with Crippen molar-refractivity contribution in [3.8, 4) is 17.4 Å². The molecule has 0 aliphatic rings. The minimum atomic E-state index is -4.80. The molecule has 2 aromatic rings. The highest BCUT2D eigenvalue weighted by molar-refractivity contribution is 5.50. The van der Waals surface area contributed by atoms with E-state index >= 15 is 0 Å². The third-order valence-corrected chi connectivity index (χ3v) is 2.10. The third-order valence-electron chi connectivity index (χ3n) is 2.10. The molecule has 1 aromatic carbocycles. The van der Waals surface area contributed by atoms with Gasteiger partial charge in [-0.1, -0.05) is 12.1 Å². The van der Waals surface area contributed by atoms with Gasteiger partial charge in [-0.25, -0.2) is 0 Å². The van der Waals surface area contributed by atoms with Gasteiger partial charge in [-0.15, -0.1) is 18.3 Å². The van der Waals surface area contributed by atoms with Crippen LogP contribution in [0.4, 0.5) is 18.9 Å². The number of benzene rings is 1. The Morgan fingerprint density at radius 3 is 2.37 bits per heavy atom. The fourth-order valence-corrected chi connectivity index (χ4v) is 1.41. The lowest BCUT2D eigenvalue weighted by Crippen LogP contribution is -2.17. The fraction of sp³-hybridized carbons (Fsp3) is 0.182. The molecule has 2 N–H and O–H groups in total. The maximum Gasteiger partial charge on any atom is 0.573 e. The van der Waals surface area contributed by atoms with Crippen molar-refractivity contribution in [1.29, 1.82) is 0 Å². The van der Waals surface area contributed by atoms with Gasteiger partial charge in [0.1, 0.15) is 5.69 Å². The monoisotopic (exact) mass is 273 g/mol. The van der Waals surface area contributed by atoms with E-state index in [0.717, 1.165) is 6.07 Å². The van der Waals surface area contributed by atoms with E-state index in [1.165, 1.54) is 29.1 Å². The molecular weight excluding hydrogens is 263 g/mol. The number of ether oxygens (including phenoxy) is 2. The smallest absolute Gasteiger partial charge is 0.432 e. The van der Waals surface area contributed by atoms with Gasteiger partial charge in [-0.05, 0) is 12.1 Å². The molecule has 102 valence electrons. The lowest BCUT2D eigenvalue weighted by Gasteiger charge is -2.12. The first-order valence-electron chi connectivity index (χ1n) is 5.17. The number of alkyl halides is 3. The predicted octanol–water partition coefficient (Wildman–Crippen LogP) is 2.69. The van der Waals surface area contributed by atoms with Crippen LogP contribution in [0.3, 0.4) is 0 Å². The van der Waals surface area contributed by atoms with E-state index in [1.54, 1.807) is 7.05 Å². The Morgan fingerprint density at radius 1 is 1.21 bits per heavy atom. The first-order valence-corrected chi connectivity index (χ1v) is 5.17. The van der Waals surface area contributed by atoms with Crippen LogP contribution in [0.1, 0.15) is 0 Å². The quantitative estimate of drug-likeness (QED) is 0.933. The van der Waals surface area contributed by atoms with Crippen molar-refractivity contribution in [3.63, 3.8) is 0 Å². The second kappa shape index (κ2) is 4.71. The predicted molar refractivity (Wildman–Crippen MR) is 60.8 cm³/mol. The van der Waals surface area contributed by atoms with Crippen molar-refractivity contribution in [2.24, 2.45) is 7.05 Å². The number of aryl methyl sites for hydroxylation is 1. The van der Waals surface area contributed by atoms with Crippen LogP contribution in [-0.4, -0.2) is 16.1 Å². The summed E-state index contributed by atoms with van der Waals surface area (Å²) in [6.45, 7) is 0. The molecule has 0 aliphatic heterocycles. The molecule has 19 heavy (non-hydrogen) atoms. The molecule has 0 radical (unpaired) electrons. The molecule has 0 spiro atoms. The van der Waals surface area contributed by atoms with E-state index in [1.807, 2.05) is 0 Å². The maximum absolute atomic E-state index is 12.2. The minimum Gasteiger partial charge on any atom is -0.432 e. The molecule has 0 saturated carbocycles. The van der Waals surface area contributed by atoms with E-state index in [2.05, 4.69) is 9.84 Å². The van der Waals surface area contributed by atoms with Gasteiger partial charge in [-0.2, -0.15) is 0 Å². The van der Waals surface area contributed by atoms with Gasteiger partial charge < -0.3 is 15.2 Å². The number of hydrogen-bond donors (Lipinski definition) is 1. The highest BCUT2D eigenvalue weighted by atomic mass is 19.4. The Labute approximate surface area is 106 Å². The summed E-state index contributed by atoms with van der Waals surface area (Å²) in [5.74, 6) is -0.564. The van der Waals surface area contributed by atoms with E-state index in [4.69, 9.17) is 10.5 Å². The highest BCUT2D eigenvalue weighted by Crippen LogP contribution is 2.35. The Kier molecular flexibility index (Phi) is 3.24. The van der Waals surface area contributed by atoms with Gasteiger partial charge in [0.25, 0.3) is 5.88 Å². The zero-order chi connectivity index (χ0) is 14.0. The van der Waals surface area contributed by atoms with E-state index in [-0.39, 0.29) is 17.3 Å². The standard InChI is InChI=1S/C11H10F3N3O2/c1-17-6-7(15)10(16-17)18-8-4-2-3-5-9(8)19-11(12,13)14/h2-6H,15H2,1H3. The van der Waals surface area contributed by atoms with Crippen LogP contribution in [0.15, 0.2) is 30.5 Å². The second-order valence-electron chi connectivity index (χ2n) is 3.66. The number of para-hydroxylation sites is 2. The molecule has 0 aliphatic carbocycles. The second-order valence-corrected chi connectivity index (χ2v) is 3.66. The van der Waals surface area contributed by atoms with Crippen molar-refractivity contribution < 1.29 is 22.6 Å². The normalized spacial score (nSPS) is 11.4. The average molecular weight is 273 g/mol. The number of nitrogens with two attached hydrogens (primary N) is 1. The summed E-state index contributed by atoms with van der Waals surface area (Å²) < 4.78 is 47.1. The number of halogens is 3. The molecule has 0 fully saturated rings. The summed E-state index contributed by atoms with van der Waals surface area (Å²) >= 11 is 0. The van der Waals surface area contributed by atoms with Crippen molar-refractivity contribution in [1.82, 2.24) is 9.78 Å². The Morgan fingerprint density at radius 2 is 1.84 bits per heavy atom. The SMILES string of the molecule is Cn1cc(N)c(Oc2ccccc2OC(F)(F)F)n1. The first-order chi connectivity index (χ1) is 8.85. The number of hydrogen-bond acceptors (Lipinski definition) is 4. The molecule has 8 heteroatoms. The maximum atomic E-state index is 12.2. The van der Waals surface area contributed by atoms with Crippen molar-refractivity contribution >= 4 is 5.69 Å². The van der Waals surface area contributed by atoms with Gasteiger partial charge in [0.15, 0.2) is 11.5 Å². The average Bonchev–Trinajstić information content (AvgIpc) is 2.58. The summed E-state index contributed by atoms with van der Waals surface area (Å²) in [5.41, 5.74) is 5.81. The van der Waals surface area contributed by atoms with Crippen LogP contribution >= 0.6 is 0 Å². The zero-order valence-corrected chi connectivity index (χ0v) is 9.81. The third kappa shape index (κ3) is 3.30. The minimum absolute atomic E-state index is 0.0146. The summed E-state index contributed by atoms with van der Waals surface area (Å²) in [5, 5.41) is 3.88. The summed E-state index contributed by atoms with van der Waals surface area (Å²) in [7, 11) is 1.61. The highest BCUT2D eigenvalue weighted by Gasteiger charge is 2.32. The number of nitrogen functional groups attached to an aromatic ring is 1. The van der Waals surface area contributed by atoms with Gasteiger partial charge >= 0.3 is 6.36 Å². The largest absolute Gasteiger partial charge is 0.573 e. The number of aromatic nitrogens is 2. The van der Waals surface area contributed by atoms with Crippen LogP contribution in [0.5, 0.6) is 17.4 Å². The Bertz CT molecular complexity index is 581. The summed E-state index contributed by atoms with van der Waals surface area (Å²) in [4.78, 5) is 0. The molecule has 1 heterocycles. The summed E-state index contributed by atoms with van der Waals surface area (Å²) in [6.07, 6.45) is -3.32. The van der Waals surface area contributed by atoms with Crippen LogP contribution in [-0.2, 0) is 7.05 Å². The molecule has 0 saturated heterocycles. The van der Waals surface area contributed by atoms with E-state index in [9.17, 15) is 13.2 Å². The van der Waals surface area contributed by atoms with Gasteiger partial charge in [-0.3, -0.25) is 4.68 Å². The van der Waals surface area contributed by atoms with Gasteiger partial charge in [0, 0.05) is 7.05 Å². The zero-order valence-electron chi connectivity index (χ0n) is 9.81.